The molecule has 0 N–H and O–H groups in total. The molecule has 0 unspecified atom stereocenters. The molecule has 0 aromatic carbocycles. The minimum absolute atomic E-state index is 0.0443. The Morgan fingerprint density at radius 3 is 2.31 bits per heavy atom. The summed E-state index contributed by atoms with van der Waals surface area (Å²) in [5.41, 5.74) is -0.470. The van der Waals surface area contributed by atoms with Crippen molar-refractivity contribution < 1.29 is 9.53 Å². The second-order valence-electron chi connectivity index (χ2n) is 4.93. The van der Waals surface area contributed by atoms with E-state index in [0.29, 0.717) is 0 Å². The first-order valence-electron chi connectivity index (χ1n) is 5.13. The first-order valence-corrected chi connectivity index (χ1v) is 5.13. The molecule has 0 aliphatic heterocycles. The van der Waals surface area contributed by atoms with E-state index in [-0.39, 0.29) is 17.0 Å². The fraction of sp³-hybridized carbons (Fsp3) is 0.909. The summed E-state index contributed by atoms with van der Waals surface area (Å²) >= 11 is 0. The molecule has 1 aliphatic rings. The van der Waals surface area contributed by atoms with Gasteiger partial charge in [0.1, 0.15) is 5.60 Å². The lowest BCUT2D eigenvalue weighted by Gasteiger charge is -2.39. The first kappa shape index (κ1) is 10.6. The summed E-state index contributed by atoms with van der Waals surface area (Å²) in [6.45, 7) is 7.93. The van der Waals surface area contributed by atoms with Crippen LogP contribution in [0.15, 0.2) is 0 Å². The summed E-state index contributed by atoms with van der Waals surface area (Å²) in [4.78, 5) is 11.7. The van der Waals surface area contributed by atoms with Gasteiger partial charge in [-0.25, -0.2) is 0 Å². The molecule has 0 amide bonds. The Balaban J connectivity index is 2.49. The molecule has 0 aromatic rings. The van der Waals surface area contributed by atoms with Gasteiger partial charge in [-0.1, -0.05) is 6.92 Å². The van der Waals surface area contributed by atoms with E-state index >= 15 is 0 Å². The van der Waals surface area contributed by atoms with Gasteiger partial charge in [0.15, 0.2) is 0 Å². The summed E-state index contributed by atoms with van der Waals surface area (Å²) in [6.07, 6.45) is 4.08. The Hall–Kier alpha value is -0.530. The summed E-state index contributed by atoms with van der Waals surface area (Å²) in [5, 5.41) is 0. The van der Waals surface area contributed by atoms with E-state index in [9.17, 15) is 4.79 Å². The normalized spacial score (nSPS) is 20.6. The van der Waals surface area contributed by atoms with Gasteiger partial charge in [0, 0.05) is 0 Å². The average molecular weight is 184 g/mol. The van der Waals surface area contributed by atoms with Crippen molar-refractivity contribution in [3.8, 4) is 0 Å². The van der Waals surface area contributed by atoms with Gasteiger partial charge < -0.3 is 4.74 Å². The molecule has 2 heteroatoms. The minimum atomic E-state index is -0.321. The van der Waals surface area contributed by atoms with Crippen LogP contribution in [-0.4, -0.2) is 11.6 Å². The maximum Gasteiger partial charge on any atom is 0.312 e. The van der Waals surface area contributed by atoms with Gasteiger partial charge in [0.2, 0.25) is 0 Å². The molecule has 0 saturated heterocycles. The van der Waals surface area contributed by atoms with Crippen LogP contribution in [0.25, 0.3) is 0 Å². The zero-order chi connectivity index (χ0) is 10.1. The van der Waals surface area contributed by atoms with Crippen molar-refractivity contribution in [1.29, 1.82) is 0 Å². The molecular formula is C11H20O2. The van der Waals surface area contributed by atoms with Gasteiger partial charge in [-0.05, 0) is 46.5 Å². The first-order chi connectivity index (χ1) is 5.90. The molecular weight excluding hydrogens is 164 g/mol. The van der Waals surface area contributed by atoms with Gasteiger partial charge in [0.05, 0.1) is 5.41 Å². The molecule has 0 aromatic heterocycles. The van der Waals surface area contributed by atoms with Crippen LogP contribution in [0.1, 0.15) is 53.4 Å². The number of carbonyl (C=O) groups is 1. The lowest BCUT2D eigenvalue weighted by atomic mass is 9.81. The molecule has 13 heavy (non-hydrogen) atoms. The molecule has 0 atom stereocenters. The van der Waals surface area contributed by atoms with Crippen molar-refractivity contribution >= 4 is 5.97 Å². The van der Waals surface area contributed by atoms with E-state index in [0.717, 1.165) is 19.3 Å². The van der Waals surface area contributed by atoms with Gasteiger partial charge in [0.25, 0.3) is 0 Å². The number of hydrogen-bond acceptors (Lipinski definition) is 2. The number of rotatable bonds is 3. The van der Waals surface area contributed by atoms with Crippen molar-refractivity contribution in [3.05, 3.63) is 0 Å². The molecule has 1 fully saturated rings. The van der Waals surface area contributed by atoms with Crippen LogP contribution in [0.3, 0.4) is 0 Å². The Morgan fingerprint density at radius 2 is 2.00 bits per heavy atom. The third-order valence-electron chi connectivity index (χ3n) is 3.19. The highest BCUT2D eigenvalue weighted by Crippen LogP contribution is 2.37. The third-order valence-corrected chi connectivity index (χ3v) is 3.19. The quantitative estimate of drug-likeness (QED) is 0.630. The Morgan fingerprint density at radius 1 is 1.46 bits per heavy atom. The van der Waals surface area contributed by atoms with Gasteiger partial charge in [-0.2, -0.15) is 0 Å². The summed E-state index contributed by atoms with van der Waals surface area (Å²) < 4.78 is 5.49. The van der Waals surface area contributed by atoms with Crippen LogP contribution >= 0.6 is 0 Å². The molecule has 0 radical (unpaired) electrons. The van der Waals surface area contributed by atoms with Crippen LogP contribution in [0, 0.1) is 5.41 Å². The highest BCUT2D eigenvalue weighted by atomic mass is 16.6. The summed E-state index contributed by atoms with van der Waals surface area (Å²) in [6, 6.07) is 0. The zero-order valence-electron chi connectivity index (χ0n) is 9.14. The number of carbonyl (C=O) groups excluding carboxylic acids is 1. The summed E-state index contributed by atoms with van der Waals surface area (Å²) in [7, 11) is 0. The fourth-order valence-electron chi connectivity index (χ4n) is 1.28. The summed E-state index contributed by atoms with van der Waals surface area (Å²) in [5.74, 6) is -0.0443. The fourth-order valence-corrected chi connectivity index (χ4v) is 1.28. The Labute approximate surface area is 80.7 Å². The van der Waals surface area contributed by atoms with E-state index in [1.165, 1.54) is 6.42 Å². The van der Waals surface area contributed by atoms with Crippen LogP contribution in [-0.2, 0) is 9.53 Å². The molecule has 0 bridgehead atoms. The van der Waals surface area contributed by atoms with E-state index in [1.54, 1.807) is 0 Å². The second-order valence-corrected chi connectivity index (χ2v) is 4.93. The Bertz CT molecular complexity index is 202. The monoisotopic (exact) mass is 184 g/mol. The molecule has 76 valence electrons. The lowest BCUT2D eigenvalue weighted by Crippen LogP contribution is -2.42. The SMILES string of the molecule is CCC(C)(C)C(=O)OC1(C)CCC1. The number of esters is 1. The molecule has 1 saturated carbocycles. The molecule has 2 nitrogen and oxygen atoms in total. The van der Waals surface area contributed by atoms with Crippen LogP contribution in [0.2, 0.25) is 0 Å². The molecule has 1 aliphatic carbocycles. The Kier molecular flexibility index (Phi) is 2.69. The van der Waals surface area contributed by atoms with E-state index in [4.69, 9.17) is 4.74 Å². The standard InChI is InChI=1S/C11H20O2/c1-5-10(2,3)9(12)13-11(4)7-6-8-11/h5-8H2,1-4H3. The smallest absolute Gasteiger partial charge is 0.312 e. The average Bonchev–Trinajstić information content (AvgIpc) is 2.01. The van der Waals surface area contributed by atoms with Gasteiger partial charge >= 0.3 is 5.97 Å². The molecule has 0 heterocycles. The lowest BCUT2D eigenvalue weighted by molar-refractivity contribution is -0.177. The highest BCUT2D eigenvalue weighted by molar-refractivity contribution is 5.76. The molecule has 0 spiro atoms. The van der Waals surface area contributed by atoms with E-state index in [2.05, 4.69) is 0 Å². The number of hydrogen-bond donors (Lipinski definition) is 0. The van der Waals surface area contributed by atoms with Crippen molar-refractivity contribution in [3.63, 3.8) is 0 Å². The van der Waals surface area contributed by atoms with Gasteiger partial charge in [-0.15, -0.1) is 0 Å². The van der Waals surface area contributed by atoms with Crippen molar-refractivity contribution in [1.82, 2.24) is 0 Å². The zero-order valence-corrected chi connectivity index (χ0v) is 9.14. The van der Waals surface area contributed by atoms with Gasteiger partial charge in [-0.3, -0.25) is 4.79 Å². The largest absolute Gasteiger partial charge is 0.459 e. The molecule has 1 rings (SSSR count). The minimum Gasteiger partial charge on any atom is -0.459 e. The van der Waals surface area contributed by atoms with Crippen LogP contribution in [0.5, 0.6) is 0 Å². The number of ether oxygens (including phenoxy) is 1. The third kappa shape index (κ3) is 2.23. The maximum absolute atomic E-state index is 11.7. The topological polar surface area (TPSA) is 26.3 Å². The predicted octanol–water partition coefficient (Wildman–Crippen LogP) is 2.91. The van der Waals surface area contributed by atoms with E-state index in [1.807, 2.05) is 27.7 Å². The predicted molar refractivity (Wildman–Crippen MR) is 52.4 cm³/mol. The van der Waals surface area contributed by atoms with Crippen molar-refractivity contribution in [2.45, 2.75) is 59.0 Å². The maximum atomic E-state index is 11.7. The second kappa shape index (κ2) is 3.32. The van der Waals surface area contributed by atoms with Crippen LogP contribution < -0.4 is 0 Å². The van der Waals surface area contributed by atoms with Crippen molar-refractivity contribution in [2.24, 2.45) is 5.41 Å². The van der Waals surface area contributed by atoms with Crippen molar-refractivity contribution in [2.75, 3.05) is 0 Å². The van der Waals surface area contributed by atoms with Crippen LogP contribution in [0.4, 0.5) is 0 Å². The highest BCUT2D eigenvalue weighted by Gasteiger charge is 2.39. The van der Waals surface area contributed by atoms with E-state index < -0.39 is 0 Å².